The fraction of sp³-hybridized carbons (Fsp3) is 0.357. The summed E-state index contributed by atoms with van der Waals surface area (Å²) >= 11 is 0. The van der Waals surface area contributed by atoms with Crippen LogP contribution in [0, 0.1) is 13.8 Å². The van der Waals surface area contributed by atoms with Crippen LogP contribution < -0.4 is 5.32 Å². The average Bonchev–Trinajstić information content (AvgIpc) is 2.98. The van der Waals surface area contributed by atoms with Gasteiger partial charge in [0.25, 0.3) is 0 Å². The van der Waals surface area contributed by atoms with Crippen molar-refractivity contribution in [2.75, 3.05) is 18.5 Å². The average molecular weight is 261 g/mol. The van der Waals surface area contributed by atoms with Crippen LogP contribution in [0.15, 0.2) is 28.9 Å². The number of aromatic nitrogens is 2. The number of nitrogens with one attached hydrogen (secondary N) is 1. The van der Waals surface area contributed by atoms with E-state index in [4.69, 9.17) is 9.52 Å². The Balaban J connectivity index is 1.98. The van der Waals surface area contributed by atoms with Gasteiger partial charge in [-0.05, 0) is 32.1 Å². The maximum atomic E-state index is 9.03. The molecule has 2 rings (SSSR count). The SMILES string of the molecule is Cc1nn(CCO)c(NC/C=C/c2ccco2)c1C. The van der Waals surface area contributed by atoms with Crippen LogP contribution in [0.2, 0.25) is 0 Å². The monoisotopic (exact) mass is 261 g/mol. The molecule has 0 aliphatic carbocycles. The summed E-state index contributed by atoms with van der Waals surface area (Å²) < 4.78 is 7.01. The first-order valence-corrected chi connectivity index (χ1v) is 6.31. The molecule has 0 saturated heterocycles. The van der Waals surface area contributed by atoms with Gasteiger partial charge in [-0.2, -0.15) is 5.10 Å². The maximum absolute atomic E-state index is 9.03. The Hall–Kier alpha value is -2.01. The van der Waals surface area contributed by atoms with Gasteiger partial charge in [0.15, 0.2) is 0 Å². The van der Waals surface area contributed by atoms with Crippen molar-refractivity contribution in [2.45, 2.75) is 20.4 Å². The van der Waals surface area contributed by atoms with Crippen LogP contribution in [0.3, 0.4) is 0 Å². The molecule has 102 valence electrons. The van der Waals surface area contributed by atoms with E-state index >= 15 is 0 Å². The minimum absolute atomic E-state index is 0.0808. The number of rotatable bonds is 6. The van der Waals surface area contributed by atoms with Gasteiger partial charge in [-0.25, -0.2) is 4.68 Å². The second-order valence-electron chi connectivity index (χ2n) is 4.30. The molecule has 0 fully saturated rings. The van der Waals surface area contributed by atoms with E-state index in [1.807, 2.05) is 38.1 Å². The minimum atomic E-state index is 0.0808. The van der Waals surface area contributed by atoms with E-state index in [-0.39, 0.29) is 6.61 Å². The smallest absolute Gasteiger partial charge is 0.127 e. The van der Waals surface area contributed by atoms with Gasteiger partial charge in [-0.15, -0.1) is 0 Å². The lowest BCUT2D eigenvalue weighted by Crippen LogP contribution is -2.10. The van der Waals surface area contributed by atoms with Crippen molar-refractivity contribution >= 4 is 11.9 Å². The Kier molecular flexibility index (Phi) is 4.41. The van der Waals surface area contributed by atoms with E-state index in [2.05, 4.69) is 10.4 Å². The van der Waals surface area contributed by atoms with Gasteiger partial charge in [0.1, 0.15) is 11.6 Å². The zero-order valence-corrected chi connectivity index (χ0v) is 11.3. The van der Waals surface area contributed by atoms with Crippen molar-refractivity contribution in [2.24, 2.45) is 0 Å². The van der Waals surface area contributed by atoms with Crippen LogP contribution >= 0.6 is 0 Å². The van der Waals surface area contributed by atoms with Gasteiger partial charge in [-0.3, -0.25) is 0 Å². The Morgan fingerprint density at radius 3 is 3.00 bits per heavy atom. The standard InChI is InChI=1S/C14H19N3O2/c1-11-12(2)16-17(8-9-18)14(11)15-7-3-5-13-6-4-10-19-13/h3-6,10,15,18H,7-9H2,1-2H3/b5-3+. The molecule has 2 aromatic rings. The lowest BCUT2D eigenvalue weighted by Gasteiger charge is -2.08. The normalized spacial score (nSPS) is 11.3. The third kappa shape index (κ3) is 3.26. The number of anilines is 1. The van der Waals surface area contributed by atoms with Crippen LogP contribution in [0.1, 0.15) is 17.0 Å². The molecule has 2 heterocycles. The van der Waals surface area contributed by atoms with Gasteiger partial charge in [0.2, 0.25) is 0 Å². The number of aryl methyl sites for hydroxylation is 1. The summed E-state index contributed by atoms with van der Waals surface area (Å²) in [6.45, 7) is 5.25. The summed E-state index contributed by atoms with van der Waals surface area (Å²) in [6, 6.07) is 3.76. The summed E-state index contributed by atoms with van der Waals surface area (Å²) in [5.74, 6) is 1.79. The molecule has 19 heavy (non-hydrogen) atoms. The van der Waals surface area contributed by atoms with E-state index in [9.17, 15) is 0 Å². The van der Waals surface area contributed by atoms with Crippen molar-refractivity contribution in [1.29, 1.82) is 0 Å². The van der Waals surface area contributed by atoms with Gasteiger partial charge in [-0.1, -0.05) is 6.08 Å². The highest BCUT2D eigenvalue weighted by Gasteiger charge is 2.09. The molecule has 0 unspecified atom stereocenters. The summed E-state index contributed by atoms with van der Waals surface area (Å²) in [4.78, 5) is 0. The molecule has 0 bridgehead atoms. The van der Waals surface area contributed by atoms with Crippen molar-refractivity contribution in [3.8, 4) is 0 Å². The quantitative estimate of drug-likeness (QED) is 0.837. The summed E-state index contributed by atoms with van der Waals surface area (Å²) in [5.41, 5.74) is 2.09. The third-order valence-electron chi connectivity index (χ3n) is 2.95. The number of aliphatic hydroxyl groups excluding tert-OH is 1. The largest absolute Gasteiger partial charge is 0.465 e. The lowest BCUT2D eigenvalue weighted by molar-refractivity contribution is 0.270. The van der Waals surface area contributed by atoms with Crippen molar-refractivity contribution < 1.29 is 9.52 Å². The molecule has 2 aromatic heterocycles. The predicted molar refractivity (Wildman–Crippen MR) is 75.0 cm³/mol. The molecule has 0 aliphatic heterocycles. The molecular weight excluding hydrogens is 242 g/mol. The molecule has 2 N–H and O–H groups in total. The van der Waals surface area contributed by atoms with Gasteiger partial charge in [0, 0.05) is 12.1 Å². The molecule has 0 spiro atoms. The molecule has 0 aromatic carbocycles. The van der Waals surface area contributed by atoms with Gasteiger partial charge < -0.3 is 14.8 Å². The van der Waals surface area contributed by atoms with Crippen molar-refractivity contribution in [3.63, 3.8) is 0 Å². The van der Waals surface area contributed by atoms with Crippen LogP contribution in [0.4, 0.5) is 5.82 Å². The molecule has 0 saturated carbocycles. The third-order valence-corrected chi connectivity index (χ3v) is 2.95. The van der Waals surface area contributed by atoms with E-state index < -0.39 is 0 Å². The van der Waals surface area contributed by atoms with E-state index in [0.717, 1.165) is 22.8 Å². The van der Waals surface area contributed by atoms with Crippen molar-refractivity contribution in [3.05, 3.63) is 41.5 Å². The first kappa shape index (κ1) is 13.4. The second kappa shape index (κ2) is 6.24. The number of furan rings is 1. The molecular formula is C14H19N3O2. The molecule has 5 nitrogen and oxygen atoms in total. The zero-order valence-electron chi connectivity index (χ0n) is 11.3. The highest BCUT2D eigenvalue weighted by Crippen LogP contribution is 2.18. The summed E-state index contributed by atoms with van der Waals surface area (Å²) in [7, 11) is 0. The molecule has 5 heteroatoms. The zero-order chi connectivity index (χ0) is 13.7. The molecule has 0 amide bonds. The highest BCUT2D eigenvalue weighted by atomic mass is 16.3. The summed E-state index contributed by atoms with van der Waals surface area (Å²) in [5, 5.41) is 16.7. The number of nitrogens with zero attached hydrogens (tertiary/aromatic N) is 2. The fourth-order valence-electron chi connectivity index (χ4n) is 1.87. The number of aliphatic hydroxyl groups is 1. The Bertz CT molecular complexity index is 541. The Labute approximate surface area is 112 Å². The fourth-order valence-corrected chi connectivity index (χ4v) is 1.87. The Morgan fingerprint density at radius 1 is 1.47 bits per heavy atom. The maximum Gasteiger partial charge on any atom is 0.127 e. The molecule has 0 radical (unpaired) electrons. The van der Waals surface area contributed by atoms with Crippen LogP contribution in [-0.4, -0.2) is 28.0 Å². The lowest BCUT2D eigenvalue weighted by atomic mass is 10.3. The predicted octanol–water partition coefficient (Wildman–Crippen LogP) is 2.21. The first-order valence-electron chi connectivity index (χ1n) is 6.31. The van der Waals surface area contributed by atoms with Gasteiger partial charge >= 0.3 is 0 Å². The van der Waals surface area contributed by atoms with E-state index in [1.165, 1.54) is 0 Å². The molecule has 0 aliphatic rings. The van der Waals surface area contributed by atoms with Gasteiger partial charge in [0.05, 0.1) is 25.1 Å². The van der Waals surface area contributed by atoms with E-state index in [1.54, 1.807) is 10.9 Å². The Morgan fingerprint density at radius 2 is 2.32 bits per heavy atom. The second-order valence-corrected chi connectivity index (χ2v) is 4.30. The van der Waals surface area contributed by atoms with Crippen molar-refractivity contribution in [1.82, 2.24) is 9.78 Å². The van der Waals surface area contributed by atoms with E-state index in [0.29, 0.717) is 13.1 Å². The molecule has 0 atom stereocenters. The highest BCUT2D eigenvalue weighted by molar-refractivity contribution is 5.49. The number of hydrogen-bond donors (Lipinski definition) is 2. The van der Waals surface area contributed by atoms with Crippen LogP contribution in [-0.2, 0) is 6.54 Å². The van der Waals surface area contributed by atoms with Crippen LogP contribution in [0.25, 0.3) is 6.08 Å². The minimum Gasteiger partial charge on any atom is -0.465 e. The number of hydrogen-bond acceptors (Lipinski definition) is 4. The first-order chi connectivity index (χ1) is 9.22. The van der Waals surface area contributed by atoms with Crippen LogP contribution in [0.5, 0.6) is 0 Å². The summed E-state index contributed by atoms with van der Waals surface area (Å²) in [6.07, 6.45) is 5.56. The topological polar surface area (TPSA) is 63.2 Å².